The van der Waals surface area contributed by atoms with Crippen LogP contribution < -0.4 is 15.2 Å². The van der Waals surface area contributed by atoms with E-state index in [0.29, 0.717) is 5.69 Å². The van der Waals surface area contributed by atoms with Gasteiger partial charge >= 0.3 is 11.7 Å². The predicted octanol–water partition coefficient (Wildman–Crippen LogP) is 3.68. The molecule has 9 heteroatoms. The lowest BCUT2D eigenvalue weighted by molar-refractivity contribution is -0.385. The highest BCUT2D eigenvalue weighted by Gasteiger charge is 2.35. The standard InChI is InChI=1S/C25H17N3O6/c29-22(15-14-17-8-3-1-4-9-17)34-23-18(10-7-13-21(23)28(32)33)16-20-24(30)26-27(25(20)31)19-11-5-2-6-12-19/h1-16H,(H,26,30)/b15-14+,20-16-. The number of rotatable bonds is 6. The maximum atomic E-state index is 12.9. The molecule has 9 nitrogen and oxygen atoms in total. The molecule has 4 rings (SSSR count). The third-order valence-electron chi connectivity index (χ3n) is 4.84. The van der Waals surface area contributed by atoms with E-state index in [2.05, 4.69) is 5.43 Å². The molecule has 3 aromatic rings. The summed E-state index contributed by atoms with van der Waals surface area (Å²) < 4.78 is 5.28. The van der Waals surface area contributed by atoms with Gasteiger partial charge in [0, 0.05) is 17.7 Å². The van der Waals surface area contributed by atoms with Gasteiger partial charge in [0.1, 0.15) is 5.57 Å². The van der Waals surface area contributed by atoms with Crippen LogP contribution >= 0.6 is 0 Å². The molecule has 2 amide bonds. The van der Waals surface area contributed by atoms with Crippen molar-refractivity contribution in [3.05, 3.63) is 112 Å². The van der Waals surface area contributed by atoms with E-state index in [1.165, 1.54) is 24.3 Å². The highest BCUT2D eigenvalue weighted by molar-refractivity contribution is 6.31. The van der Waals surface area contributed by atoms with Gasteiger partial charge in [-0.2, -0.15) is 0 Å². The second-order valence-electron chi connectivity index (χ2n) is 7.09. The van der Waals surface area contributed by atoms with Crippen LogP contribution in [0.25, 0.3) is 12.2 Å². The second-order valence-corrected chi connectivity index (χ2v) is 7.09. The maximum absolute atomic E-state index is 12.9. The van der Waals surface area contributed by atoms with Crippen LogP contribution in [0.2, 0.25) is 0 Å². The van der Waals surface area contributed by atoms with Crippen molar-refractivity contribution in [2.24, 2.45) is 0 Å². The normalized spacial score (nSPS) is 14.5. The summed E-state index contributed by atoms with van der Waals surface area (Å²) in [6.07, 6.45) is 3.80. The number of nitrogens with one attached hydrogen (secondary N) is 1. The van der Waals surface area contributed by atoms with Crippen molar-refractivity contribution >= 4 is 41.3 Å². The van der Waals surface area contributed by atoms with E-state index in [1.54, 1.807) is 54.6 Å². The van der Waals surface area contributed by atoms with Gasteiger partial charge < -0.3 is 4.74 Å². The summed E-state index contributed by atoms with van der Waals surface area (Å²) in [5.74, 6) is -2.57. The Balaban J connectivity index is 1.67. The molecule has 1 heterocycles. The number of esters is 1. The van der Waals surface area contributed by atoms with Gasteiger partial charge in [0.15, 0.2) is 0 Å². The molecule has 3 aromatic carbocycles. The summed E-state index contributed by atoms with van der Waals surface area (Å²) in [5, 5.41) is 12.6. The Hall–Kier alpha value is -5.05. The van der Waals surface area contributed by atoms with Crippen molar-refractivity contribution in [2.75, 3.05) is 5.01 Å². The van der Waals surface area contributed by atoms with Gasteiger partial charge in [-0.15, -0.1) is 0 Å². The first-order valence-electron chi connectivity index (χ1n) is 10.1. The number of nitrogens with zero attached hydrogens (tertiary/aromatic N) is 2. The van der Waals surface area contributed by atoms with E-state index < -0.39 is 28.4 Å². The second kappa shape index (κ2) is 9.61. The Labute approximate surface area is 193 Å². The zero-order valence-electron chi connectivity index (χ0n) is 17.6. The number of hydrogen-bond acceptors (Lipinski definition) is 6. The summed E-state index contributed by atoms with van der Waals surface area (Å²) in [6, 6.07) is 21.3. The van der Waals surface area contributed by atoms with Gasteiger partial charge in [0.25, 0.3) is 11.8 Å². The molecule has 0 radical (unpaired) electrons. The van der Waals surface area contributed by atoms with E-state index in [4.69, 9.17) is 4.74 Å². The number of para-hydroxylation sites is 2. The van der Waals surface area contributed by atoms with Crippen molar-refractivity contribution in [1.82, 2.24) is 5.43 Å². The Kier molecular flexibility index (Phi) is 6.26. The van der Waals surface area contributed by atoms with Crippen LogP contribution in [0.5, 0.6) is 5.75 Å². The number of carbonyl (C=O) groups is 3. The molecule has 0 saturated carbocycles. The monoisotopic (exact) mass is 455 g/mol. The van der Waals surface area contributed by atoms with Crippen LogP contribution in [0.4, 0.5) is 11.4 Å². The molecule has 0 spiro atoms. The molecule has 0 atom stereocenters. The fraction of sp³-hybridized carbons (Fsp3) is 0. The molecule has 0 unspecified atom stereocenters. The maximum Gasteiger partial charge on any atom is 0.336 e. The Morgan fingerprint density at radius 1 is 0.941 bits per heavy atom. The van der Waals surface area contributed by atoms with Crippen LogP contribution in [0, 0.1) is 10.1 Å². The van der Waals surface area contributed by atoms with E-state index in [0.717, 1.165) is 22.7 Å². The number of benzene rings is 3. The fourth-order valence-electron chi connectivity index (χ4n) is 3.25. The van der Waals surface area contributed by atoms with E-state index >= 15 is 0 Å². The number of anilines is 1. The molecule has 1 saturated heterocycles. The predicted molar refractivity (Wildman–Crippen MR) is 124 cm³/mol. The van der Waals surface area contributed by atoms with E-state index in [9.17, 15) is 24.5 Å². The molecule has 1 aliphatic heterocycles. The summed E-state index contributed by atoms with van der Waals surface area (Å²) >= 11 is 0. The van der Waals surface area contributed by atoms with Crippen molar-refractivity contribution in [2.45, 2.75) is 0 Å². The fourth-order valence-corrected chi connectivity index (χ4v) is 3.25. The first kappa shape index (κ1) is 22.2. The Morgan fingerprint density at radius 2 is 1.62 bits per heavy atom. The highest BCUT2D eigenvalue weighted by Crippen LogP contribution is 2.33. The lowest BCUT2D eigenvalue weighted by Crippen LogP contribution is -2.35. The van der Waals surface area contributed by atoms with Gasteiger partial charge in [0.2, 0.25) is 5.75 Å². The SMILES string of the molecule is O=C(/C=C/c1ccccc1)Oc1c(/C=C2/C(=O)NN(c3ccccc3)C2=O)cccc1[N+](=O)[O-]. The van der Waals surface area contributed by atoms with Gasteiger partial charge in [0.05, 0.1) is 10.6 Å². The van der Waals surface area contributed by atoms with Crippen LogP contribution in [0.3, 0.4) is 0 Å². The highest BCUT2D eigenvalue weighted by atomic mass is 16.6. The molecule has 0 aromatic heterocycles. The minimum absolute atomic E-state index is 0.0315. The number of nitro benzene ring substituents is 1. The topological polar surface area (TPSA) is 119 Å². The van der Waals surface area contributed by atoms with Gasteiger partial charge in [-0.25, -0.2) is 9.80 Å². The summed E-state index contributed by atoms with van der Waals surface area (Å²) in [4.78, 5) is 48.6. The molecular weight excluding hydrogens is 438 g/mol. The average molecular weight is 455 g/mol. The molecule has 0 bridgehead atoms. The molecule has 168 valence electrons. The average Bonchev–Trinajstić information content (AvgIpc) is 3.13. The lowest BCUT2D eigenvalue weighted by atomic mass is 10.1. The number of hydrazine groups is 1. The number of carbonyl (C=O) groups excluding carboxylic acids is 3. The van der Waals surface area contributed by atoms with Gasteiger partial charge in [-0.1, -0.05) is 60.7 Å². The number of nitro groups is 1. The van der Waals surface area contributed by atoms with Gasteiger partial charge in [-0.3, -0.25) is 25.1 Å². The number of amides is 2. The molecule has 1 fully saturated rings. The Morgan fingerprint density at radius 3 is 2.29 bits per heavy atom. The van der Waals surface area contributed by atoms with Crippen LogP contribution in [-0.2, 0) is 14.4 Å². The molecule has 1 N–H and O–H groups in total. The minimum Gasteiger partial charge on any atom is -0.415 e. The summed E-state index contributed by atoms with van der Waals surface area (Å²) in [7, 11) is 0. The van der Waals surface area contributed by atoms with Crippen molar-refractivity contribution in [1.29, 1.82) is 0 Å². The van der Waals surface area contributed by atoms with Crippen molar-refractivity contribution in [3.8, 4) is 5.75 Å². The first-order chi connectivity index (χ1) is 16.4. The van der Waals surface area contributed by atoms with E-state index in [1.807, 2.05) is 6.07 Å². The zero-order chi connectivity index (χ0) is 24.1. The van der Waals surface area contributed by atoms with Crippen LogP contribution in [0.1, 0.15) is 11.1 Å². The molecular formula is C25H17N3O6. The third-order valence-corrected chi connectivity index (χ3v) is 4.84. The van der Waals surface area contributed by atoms with Crippen molar-refractivity contribution < 1.29 is 24.0 Å². The van der Waals surface area contributed by atoms with Crippen LogP contribution in [-0.4, -0.2) is 22.7 Å². The number of ether oxygens (including phenoxy) is 1. The van der Waals surface area contributed by atoms with Crippen LogP contribution in [0.15, 0.2) is 90.5 Å². The largest absolute Gasteiger partial charge is 0.415 e. The number of hydrogen-bond donors (Lipinski definition) is 1. The summed E-state index contributed by atoms with van der Waals surface area (Å²) in [6.45, 7) is 0. The lowest BCUT2D eigenvalue weighted by Gasteiger charge is -2.13. The van der Waals surface area contributed by atoms with E-state index in [-0.39, 0.29) is 16.9 Å². The molecule has 1 aliphatic rings. The smallest absolute Gasteiger partial charge is 0.336 e. The zero-order valence-corrected chi connectivity index (χ0v) is 17.6. The van der Waals surface area contributed by atoms with Crippen molar-refractivity contribution in [3.63, 3.8) is 0 Å². The molecule has 34 heavy (non-hydrogen) atoms. The third kappa shape index (κ3) is 4.73. The first-order valence-corrected chi connectivity index (χ1v) is 10.1. The minimum atomic E-state index is -0.856. The quantitative estimate of drug-likeness (QED) is 0.151. The molecule has 0 aliphatic carbocycles. The van der Waals surface area contributed by atoms with Gasteiger partial charge in [-0.05, 0) is 29.8 Å². The Bertz CT molecular complexity index is 1330. The summed E-state index contributed by atoms with van der Waals surface area (Å²) in [5.41, 5.74) is 2.91.